The second-order valence-electron chi connectivity index (χ2n) is 8.76. The Bertz CT molecular complexity index is 742. The molecule has 0 bridgehead atoms. The van der Waals surface area contributed by atoms with Crippen molar-refractivity contribution in [2.75, 3.05) is 0 Å². The van der Waals surface area contributed by atoms with Gasteiger partial charge in [0.15, 0.2) is 0 Å². The van der Waals surface area contributed by atoms with E-state index in [4.69, 9.17) is 15.9 Å². The first-order chi connectivity index (χ1) is 14.0. The van der Waals surface area contributed by atoms with Crippen LogP contribution < -0.4 is 16.4 Å². The Morgan fingerprint density at radius 1 is 1.33 bits per heavy atom. The minimum Gasteiger partial charge on any atom is -0.446 e. The fourth-order valence-corrected chi connectivity index (χ4v) is 3.21. The lowest BCUT2D eigenvalue weighted by atomic mass is 10.0. The first-order valence-corrected chi connectivity index (χ1v) is 10.3. The lowest BCUT2D eigenvalue weighted by Crippen LogP contribution is -2.36. The molecule has 9 heteroatoms. The Labute approximate surface area is 176 Å². The molecule has 5 N–H and O–H groups in total. The van der Waals surface area contributed by atoms with Gasteiger partial charge < -0.3 is 21.1 Å². The summed E-state index contributed by atoms with van der Waals surface area (Å²) in [5, 5.41) is 13.7. The van der Waals surface area contributed by atoms with Crippen molar-refractivity contribution in [2.45, 2.75) is 77.9 Å². The summed E-state index contributed by atoms with van der Waals surface area (Å²) >= 11 is 0. The first kappa shape index (κ1) is 23.8. The van der Waals surface area contributed by atoms with Gasteiger partial charge in [-0.05, 0) is 64.0 Å². The van der Waals surface area contributed by atoms with Gasteiger partial charge in [0.25, 0.3) is 6.43 Å². The maximum atomic E-state index is 12.8. The number of nitrogens with one attached hydrogen (secondary N) is 3. The molecule has 2 aliphatic carbocycles. The number of ether oxygens (including phenoxy) is 1. The van der Waals surface area contributed by atoms with Gasteiger partial charge >= 0.3 is 6.09 Å². The monoisotopic (exact) mass is 425 g/mol. The van der Waals surface area contributed by atoms with E-state index in [1.165, 1.54) is 13.0 Å². The molecule has 1 amide bonds. The normalized spacial score (nSPS) is 24.2. The third kappa shape index (κ3) is 7.76. The molecular formula is C21H33F2N5O2. The maximum absolute atomic E-state index is 12.8. The lowest BCUT2D eigenvalue weighted by molar-refractivity contribution is 0.0960. The van der Waals surface area contributed by atoms with Crippen molar-refractivity contribution in [2.24, 2.45) is 22.6 Å². The molecule has 2 saturated carbocycles. The number of aliphatic imine (C=N–C) groups is 1. The fourth-order valence-electron chi connectivity index (χ4n) is 3.21. The van der Waals surface area contributed by atoms with E-state index in [2.05, 4.69) is 15.6 Å². The second kappa shape index (κ2) is 10.0. The largest absolute Gasteiger partial charge is 0.446 e. The highest BCUT2D eigenvalue weighted by atomic mass is 19.3. The number of carbonyl (C=O) groups excluding carboxylic acids is 1. The lowest BCUT2D eigenvalue weighted by Gasteiger charge is -2.16. The Balaban J connectivity index is 1.91. The second-order valence-corrected chi connectivity index (χ2v) is 8.76. The van der Waals surface area contributed by atoms with Crippen LogP contribution in [0, 0.1) is 17.2 Å². The zero-order chi connectivity index (χ0) is 22.5. The minimum absolute atomic E-state index is 0.00899. The minimum atomic E-state index is -2.66. The van der Waals surface area contributed by atoms with Gasteiger partial charge in [-0.3, -0.25) is 5.41 Å². The van der Waals surface area contributed by atoms with Gasteiger partial charge in [-0.2, -0.15) is 0 Å². The molecule has 2 fully saturated rings. The first-order valence-electron chi connectivity index (χ1n) is 10.3. The van der Waals surface area contributed by atoms with Gasteiger partial charge in [-0.15, -0.1) is 0 Å². The zero-order valence-electron chi connectivity index (χ0n) is 18.1. The average molecular weight is 426 g/mol. The van der Waals surface area contributed by atoms with Crippen LogP contribution in [0.5, 0.6) is 0 Å². The molecule has 0 aliphatic heterocycles. The van der Waals surface area contributed by atoms with Crippen LogP contribution in [0.25, 0.3) is 0 Å². The topological polar surface area (TPSA) is 113 Å². The number of allylic oxidation sites excluding steroid dienone is 2. The van der Waals surface area contributed by atoms with E-state index in [0.29, 0.717) is 18.5 Å². The van der Waals surface area contributed by atoms with Gasteiger partial charge in [0.2, 0.25) is 0 Å². The fraction of sp³-hybridized carbons (Fsp3) is 0.667. The van der Waals surface area contributed by atoms with Crippen LogP contribution in [0.4, 0.5) is 13.6 Å². The summed E-state index contributed by atoms with van der Waals surface area (Å²) in [4.78, 5) is 15.8. The molecule has 2 atom stereocenters. The van der Waals surface area contributed by atoms with Crippen LogP contribution >= 0.6 is 0 Å². The molecule has 0 heterocycles. The molecule has 0 aromatic rings. The Kier molecular flexibility index (Phi) is 7.97. The van der Waals surface area contributed by atoms with Crippen LogP contribution in [0.1, 0.15) is 59.8 Å². The van der Waals surface area contributed by atoms with Gasteiger partial charge in [0.1, 0.15) is 17.8 Å². The summed E-state index contributed by atoms with van der Waals surface area (Å²) < 4.78 is 31.1. The number of halogens is 2. The van der Waals surface area contributed by atoms with Crippen molar-refractivity contribution >= 4 is 17.6 Å². The van der Waals surface area contributed by atoms with E-state index >= 15 is 0 Å². The van der Waals surface area contributed by atoms with Gasteiger partial charge in [-0.25, -0.2) is 18.6 Å². The van der Waals surface area contributed by atoms with E-state index in [0.717, 1.165) is 19.3 Å². The van der Waals surface area contributed by atoms with E-state index in [-0.39, 0.29) is 40.8 Å². The molecule has 0 aromatic carbocycles. The highest BCUT2D eigenvalue weighted by Gasteiger charge is 2.40. The summed E-state index contributed by atoms with van der Waals surface area (Å²) in [6.07, 6.45) is 3.87. The SMILES string of the molecule is C/C(=N\C(=C/C(C)C)NC(=N)/C=C(\N)[C@H]1CCC(OC(=O)NC2(C)CC2)C1)C(F)F. The van der Waals surface area contributed by atoms with Crippen LogP contribution in [0.2, 0.25) is 0 Å². The molecule has 0 spiro atoms. The van der Waals surface area contributed by atoms with Gasteiger partial charge in [-0.1, -0.05) is 13.8 Å². The number of hydrogen-bond acceptors (Lipinski definition) is 5. The van der Waals surface area contributed by atoms with E-state index in [9.17, 15) is 13.6 Å². The molecule has 2 aliphatic rings. The van der Waals surface area contributed by atoms with Crippen LogP contribution in [-0.4, -0.2) is 35.7 Å². The molecular weight excluding hydrogens is 392 g/mol. The van der Waals surface area contributed by atoms with Crippen molar-refractivity contribution in [3.8, 4) is 0 Å². The van der Waals surface area contributed by atoms with Gasteiger partial charge in [0.05, 0.1) is 5.71 Å². The van der Waals surface area contributed by atoms with Gasteiger partial charge in [0, 0.05) is 17.2 Å². The molecule has 2 rings (SSSR count). The number of carbonyl (C=O) groups is 1. The van der Waals surface area contributed by atoms with Crippen LogP contribution in [-0.2, 0) is 4.74 Å². The standard InChI is InChI=1S/C21H33F2N5O2/c1-12(2)9-18(26-13(3)19(22)23)27-17(25)11-16(24)14-5-6-15(10-14)30-20(29)28-21(4)7-8-21/h9,11-12,14-15,19H,5-8,10,24H2,1-4H3,(H2,25,27)(H,28,29)/b16-11-,18-9+,26-13+/t14-,15?/m0/s1. The van der Waals surface area contributed by atoms with Crippen molar-refractivity contribution in [1.29, 1.82) is 5.41 Å². The Hall–Kier alpha value is -2.45. The molecule has 168 valence electrons. The maximum Gasteiger partial charge on any atom is 0.407 e. The van der Waals surface area contributed by atoms with E-state index in [1.54, 1.807) is 6.08 Å². The van der Waals surface area contributed by atoms with E-state index in [1.807, 2.05) is 20.8 Å². The number of hydrogen-bond donors (Lipinski definition) is 4. The number of amidine groups is 1. The van der Waals surface area contributed by atoms with Crippen LogP contribution in [0.3, 0.4) is 0 Å². The molecule has 30 heavy (non-hydrogen) atoms. The average Bonchev–Trinajstić information content (AvgIpc) is 3.14. The molecule has 0 radical (unpaired) electrons. The number of alkyl halides is 2. The summed E-state index contributed by atoms with van der Waals surface area (Å²) in [6, 6.07) is 0. The van der Waals surface area contributed by atoms with Crippen LogP contribution in [0.15, 0.2) is 28.7 Å². The third-order valence-electron chi connectivity index (χ3n) is 5.21. The van der Waals surface area contributed by atoms with Crippen molar-refractivity contribution in [3.63, 3.8) is 0 Å². The quantitative estimate of drug-likeness (QED) is 0.347. The predicted octanol–water partition coefficient (Wildman–Crippen LogP) is 4.07. The Morgan fingerprint density at radius 2 is 2.00 bits per heavy atom. The zero-order valence-corrected chi connectivity index (χ0v) is 18.1. The number of rotatable bonds is 8. The summed E-state index contributed by atoms with van der Waals surface area (Å²) in [6.45, 7) is 7.01. The van der Waals surface area contributed by atoms with Crippen molar-refractivity contribution in [3.05, 3.63) is 23.7 Å². The summed E-state index contributed by atoms with van der Waals surface area (Å²) in [5.41, 5.74) is 6.20. The summed E-state index contributed by atoms with van der Waals surface area (Å²) in [7, 11) is 0. The number of nitrogens with two attached hydrogens (primary N) is 1. The number of nitrogens with zero attached hydrogens (tertiary/aromatic N) is 1. The highest BCUT2D eigenvalue weighted by Crippen LogP contribution is 2.35. The third-order valence-corrected chi connectivity index (χ3v) is 5.21. The van der Waals surface area contributed by atoms with Crippen molar-refractivity contribution in [1.82, 2.24) is 10.6 Å². The smallest absolute Gasteiger partial charge is 0.407 e. The molecule has 7 nitrogen and oxygen atoms in total. The number of alkyl carbamates (subject to hydrolysis) is 1. The highest BCUT2D eigenvalue weighted by molar-refractivity contribution is 5.93. The number of amides is 1. The van der Waals surface area contributed by atoms with E-state index < -0.39 is 12.5 Å². The van der Waals surface area contributed by atoms with Crippen molar-refractivity contribution < 1.29 is 18.3 Å². The Morgan fingerprint density at radius 3 is 2.57 bits per heavy atom. The molecule has 0 saturated heterocycles. The molecule has 1 unspecified atom stereocenters. The predicted molar refractivity (Wildman–Crippen MR) is 114 cm³/mol. The molecule has 0 aromatic heterocycles. The summed E-state index contributed by atoms with van der Waals surface area (Å²) in [5.74, 6) is 0.210.